The van der Waals surface area contributed by atoms with Crippen molar-refractivity contribution in [2.24, 2.45) is 0 Å². The summed E-state index contributed by atoms with van der Waals surface area (Å²) in [5.74, 6) is 0. The molecule has 14 rings (SSSR count). The van der Waals surface area contributed by atoms with Crippen LogP contribution in [0.1, 0.15) is 88.9 Å². The molecular weight excluding hydrogens is 949 g/mol. The maximum atomic E-state index is 2.35. The number of benzene rings is 14. The summed E-state index contributed by atoms with van der Waals surface area (Å²) < 4.78 is 0. The fourth-order valence-corrected chi connectivity index (χ4v) is 13.5. The van der Waals surface area contributed by atoms with E-state index in [9.17, 15) is 0 Å². The summed E-state index contributed by atoms with van der Waals surface area (Å²) in [5, 5.41) is 27.9. The molecule has 0 spiro atoms. The predicted molar refractivity (Wildman–Crippen MR) is 351 cm³/mol. The number of hydrogen-bond acceptors (Lipinski definition) is 0. The molecule has 14 aromatic carbocycles. The predicted octanol–water partition coefficient (Wildman–Crippen LogP) is 22.7. The highest BCUT2D eigenvalue weighted by molar-refractivity contribution is 6.18. The van der Waals surface area contributed by atoms with E-state index in [0.717, 1.165) is 25.7 Å². The fraction of sp³-hybridized carbons (Fsp3) is 0.190. The van der Waals surface area contributed by atoms with Crippen molar-refractivity contribution in [1.82, 2.24) is 0 Å². The van der Waals surface area contributed by atoms with Gasteiger partial charge in [0.1, 0.15) is 0 Å². The van der Waals surface area contributed by atoms with E-state index in [1.807, 2.05) is 0 Å². The van der Waals surface area contributed by atoms with E-state index >= 15 is 0 Å². The van der Waals surface area contributed by atoms with Crippen LogP contribution >= 0.6 is 0 Å². The van der Waals surface area contributed by atoms with Crippen molar-refractivity contribution in [3.8, 4) is 0 Å². The molecule has 0 aromatic heterocycles. The Morgan fingerprint density at radius 1 is 0.215 bits per heavy atom. The third-order valence-electron chi connectivity index (χ3n) is 17.7. The fourth-order valence-electron chi connectivity index (χ4n) is 13.5. The van der Waals surface area contributed by atoms with Crippen LogP contribution in [0.4, 0.5) is 0 Å². The first-order valence-electron chi connectivity index (χ1n) is 28.9. The van der Waals surface area contributed by atoms with Gasteiger partial charge in [-0.2, -0.15) is 0 Å². The molecule has 14 aromatic rings. The van der Waals surface area contributed by atoms with Crippen LogP contribution in [0, 0.1) is 48.5 Å². The van der Waals surface area contributed by atoms with Crippen LogP contribution in [0.5, 0.6) is 0 Å². The minimum Gasteiger partial charge on any atom is -0.0616 e. The molecule has 0 nitrogen and oxygen atoms in total. The first kappa shape index (κ1) is 52.7. The third-order valence-corrected chi connectivity index (χ3v) is 17.7. The lowest BCUT2D eigenvalue weighted by molar-refractivity contribution is 1.15. The zero-order valence-corrected chi connectivity index (χ0v) is 48.4. The summed E-state index contributed by atoms with van der Waals surface area (Å²) in [5.41, 5.74) is 15.5. The first-order valence-corrected chi connectivity index (χ1v) is 28.9. The van der Waals surface area contributed by atoms with Crippen molar-refractivity contribution in [3.63, 3.8) is 0 Å². The van der Waals surface area contributed by atoms with Gasteiger partial charge in [0.25, 0.3) is 0 Å². The highest BCUT2D eigenvalue weighted by atomic mass is 14.2. The van der Waals surface area contributed by atoms with E-state index in [1.54, 1.807) is 0 Å². The van der Waals surface area contributed by atoms with Gasteiger partial charge in [0.2, 0.25) is 0 Å². The smallest absolute Gasteiger partial charge is 0.00668 e. The zero-order valence-electron chi connectivity index (χ0n) is 48.4. The SMILES string of the molecule is CCc1c2ccccc2c(C)c2c1ccc1c(C)cccc12.CCc1c2ccccc2c(C)c2ccccc12.CCc1ccc2c(C)c3ccccc3c(C)c2c1.CCc1cccc2c1ccc1c(C)c3ccccc3c(C)c12. The summed E-state index contributed by atoms with van der Waals surface area (Å²) in [7, 11) is 0. The first-order chi connectivity index (χ1) is 38.5. The summed E-state index contributed by atoms with van der Waals surface area (Å²) in [4.78, 5) is 0. The minimum atomic E-state index is 1.06. The Hall–Kier alpha value is -8.32. The molecular formula is C79H74. The van der Waals surface area contributed by atoms with Crippen molar-refractivity contribution in [2.45, 2.75) is 102 Å². The number of rotatable bonds is 4. The molecule has 0 N–H and O–H groups in total. The lowest BCUT2D eigenvalue weighted by atomic mass is 9.88. The molecule has 0 aliphatic heterocycles. The monoisotopic (exact) mass is 1020 g/mol. The molecule has 390 valence electrons. The molecule has 0 heterocycles. The highest BCUT2D eigenvalue weighted by Gasteiger charge is 2.16. The van der Waals surface area contributed by atoms with Gasteiger partial charge in [-0.25, -0.2) is 0 Å². The molecule has 0 amide bonds. The van der Waals surface area contributed by atoms with E-state index in [1.165, 1.54) is 169 Å². The van der Waals surface area contributed by atoms with E-state index in [0.29, 0.717) is 0 Å². The van der Waals surface area contributed by atoms with Crippen molar-refractivity contribution < 1.29 is 0 Å². The molecule has 0 saturated heterocycles. The molecule has 0 bridgehead atoms. The van der Waals surface area contributed by atoms with Gasteiger partial charge in [-0.3, -0.25) is 0 Å². The van der Waals surface area contributed by atoms with E-state index in [4.69, 9.17) is 0 Å². The molecule has 79 heavy (non-hydrogen) atoms. The lowest BCUT2D eigenvalue weighted by Gasteiger charge is -2.16. The highest BCUT2D eigenvalue weighted by Crippen LogP contribution is 2.40. The molecule has 0 atom stereocenters. The van der Waals surface area contributed by atoms with E-state index < -0.39 is 0 Å². The van der Waals surface area contributed by atoms with Gasteiger partial charge in [-0.05, 0) is 243 Å². The van der Waals surface area contributed by atoms with Crippen molar-refractivity contribution in [1.29, 1.82) is 0 Å². The second kappa shape index (κ2) is 22.2. The van der Waals surface area contributed by atoms with Gasteiger partial charge >= 0.3 is 0 Å². The number of hydrogen-bond donors (Lipinski definition) is 0. The largest absolute Gasteiger partial charge is 0.0616 e. The van der Waals surface area contributed by atoms with Gasteiger partial charge in [-0.1, -0.05) is 228 Å². The Bertz CT molecular complexity index is 4600. The molecule has 0 fully saturated rings. The van der Waals surface area contributed by atoms with Crippen LogP contribution in [0.3, 0.4) is 0 Å². The van der Waals surface area contributed by atoms with Crippen molar-refractivity contribution in [3.05, 3.63) is 261 Å². The van der Waals surface area contributed by atoms with Crippen LogP contribution in [-0.2, 0) is 25.7 Å². The number of aryl methyl sites for hydroxylation is 11. The standard InChI is InChI=1S/2C22H20.C18H18.C17H16/c1-4-16-8-7-11-21-20(16)13-12-19-14(2)17-9-5-6-10-18(17)15(3)22(19)21;1-4-16-19-10-6-5-9-18(19)15(3)22-20-11-7-8-14(2)17(20)12-13-21(16)22;1-4-14-9-10-17-12(2)15-7-5-6-8-16(15)13(3)18(17)11-14;1-3-13-16-10-6-4-8-14(16)12(2)15-9-5-7-11-17(13)15/h2*5-13H,4H2,1-3H3;5-11H,4H2,1-3H3;4-11H,3H2,1-2H3. The maximum absolute atomic E-state index is 2.35. The maximum Gasteiger partial charge on any atom is -0.00668 e. The Balaban J connectivity index is 0.000000112. The second-order valence-electron chi connectivity index (χ2n) is 21.9. The summed E-state index contributed by atoms with van der Waals surface area (Å²) >= 11 is 0. The van der Waals surface area contributed by atoms with Gasteiger partial charge in [0, 0.05) is 0 Å². The van der Waals surface area contributed by atoms with Crippen LogP contribution in [0.25, 0.3) is 108 Å². The minimum absolute atomic E-state index is 1.06. The van der Waals surface area contributed by atoms with Crippen LogP contribution < -0.4 is 0 Å². The van der Waals surface area contributed by atoms with Crippen molar-refractivity contribution in [2.75, 3.05) is 0 Å². The Morgan fingerprint density at radius 3 is 1.04 bits per heavy atom. The molecule has 0 saturated carbocycles. The average molecular weight is 1020 g/mol. The Morgan fingerprint density at radius 2 is 0.544 bits per heavy atom. The molecule has 0 radical (unpaired) electrons. The Kier molecular flexibility index (Phi) is 14.8. The van der Waals surface area contributed by atoms with Crippen LogP contribution in [0.15, 0.2) is 200 Å². The summed E-state index contributed by atoms with van der Waals surface area (Å²) in [6, 6.07) is 73.3. The van der Waals surface area contributed by atoms with Gasteiger partial charge < -0.3 is 0 Å². The van der Waals surface area contributed by atoms with Gasteiger partial charge in [-0.15, -0.1) is 0 Å². The molecule has 0 heteroatoms. The number of fused-ring (bicyclic) bond motifs is 12. The lowest BCUT2D eigenvalue weighted by Crippen LogP contribution is -1.93. The zero-order chi connectivity index (χ0) is 55.1. The quantitative estimate of drug-likeness (QED) is 0.122. The summed E-state index contributed by atoms with van der Waals surface area (Å²) in [6.45, 7) is 24.6. The third kappa shape index (κ3) is 9.26. The van der Waals surface area contributed by atoms with Gasteiger partial charge in [0.15, 0.2) is 0 Å². The average Bonchev–Trinajstić information content (AvgIpc) is 3.50. The second-order valence-corrected chi connectivity index (χ2v) is 21.9. The van der Waals surface area contributed by atoms with Crippen LogP contribution in [-0.4, -0.2) is 0 Å². The normalized spacial score (nSPS) is 11.4. The van der Waals surface area contributed by atoms with E-state index in [2.05, 4.69) is 276 Å². The van der Waals surface area contributed by atoms with Gasteiger partial charge in [0.05, 0.1) is 0 Å². The molecule has 0 aliphatic rings. The van der Waals surface area contributed by atoms with Crippen molar-refractivity contribution >= 4 is 108 Å². The summed E-state index contributed by atoms with van der Waals surface area (Å²) in [6.07, 6.45) is 4.33. The topological polar surface area (TPSA) is 0 Å². The molecule has 0 unspecified atom stereocenters. The Labute approximate surface area is 468 Å². The van der Waals surface area contributed by atoms with E-state index in [-0.39, 0.29) is 0 Å². The van der Waals surface area contributed by atoms with Crippen LogP contribution in [0.2, 0.25) is 0 Å². The molecule has 0 aliphatic carbocycles.